The molecule has 5 aromatic heterocycles. The number of fused-ring (bicyclic) bond motifs is 8. The number of methoxy groups -OCH3 is 1. The highest BCUT2D eigenvalue weighted by Crippen LogP contribution is 2.40. The van der Waals surface area contributed by atoms with E-state index in [2.05, 4.69) is 86.6 Å². The van der Waals surface area contributed by atoms with Crippen LogP contribution < -0.4 is 14.2 Å². The molecule has 8 bridgehead atoms. The van der Waals surface area contributed by atoms with Gasteiger partial charge in [-0.1, -0.05) is 36.4 Å². The Morgan fingerprint density at radius 3 is 1.29 bits per heavy atom. The Kier molecular flexibility index (Phi) is 13.5. The number of oxazole rings is 1. The summed E-state index contributed by atoms with van der Waals surface area (Å²) in [5, 5.41) is 3.70. The smallest absolute Gasteiger partial charge is 0.227 e. The molecule has 8 heterocycles. The fourth-order valence-corrected chi connectivity index (χ4v) is 9.63. The first kappa shape index (κ1) is 47.7. The molecule has 75 heavy (non-hydrogen) atoms. The fraction of sp³-hybridized carbons (Fsp3) is 0.210. The Bertz CT molecular complexity index is 3710. The van der Waals surface area contributed by atoms with E-state index >= 15 is 0 Å². The minimum atomic E-state index is 0.412. The van der Waals surface area contributed by atoms with Crippen molar-refractivity contribution in [3.8, 4) is 73.5 Å². The molecule has 13 heteroatoms. The molecule has 3 aliphatic heterocycles. The van der Waals surface area contributed by atoms with E-state index in [-0.39, 0.29) is 0 Å². The predicted molar refractivity (Wildman–Crippen MR) is 293 cm³/mol. The van der Waals surface area contributed by atoms with Crippen molar-refractivity contribution in [1.82, 2.24) is 24.9 Å². The van der Waals surface area contributed by atoms with Gasteiger partial charge in [0, 0.05) is 60.8 Å². The van der Waals surface area contributed by atoms with Gasteiger partial charge in [-0.2, -0.15) is 0 Å². The molecule has 0 N–H and O–H groups in total. The van der Waals surface area contributed by atoms with Gasteiger partial charge in [0.25, 0.3) is 0 Å². The molecule has 0 saturated heterocycles. The first-order valence-electron chi connectivity index (χ1n) is 25.2. The predicted octanol–water partition coefficient (Wildman–Crippen LogP) is 12.8. The molecule has 0 unspecified atom stereocenters. The summed E-state index contributed by atoms with van der Waals surface area (Å²) in [6.07, 6.45) is 0. The summed E-state index contributed by atoms with van der Waals surface area (Å²) in [5.41, 5.74) is 14.9. The summed E-state index contributed by atoms with van der Waals surface area (Å²) < 4.78 is 46.8. The lowest BCUT2D eigenvalue weighted by atomic mass is 9.98. The third-order valence-electron chi connectivity index (χ3n) is 13.5. The molecular weight excluding hydrogens is 943 g/mol. The monoisotopic (exact) mass is 995 g/mol. The average Bonchev–Trinajstić information content (AvgIpc) is 3.95. The number of aryl methyl sites for hydroxylation is 2. The van der Waals surface area contributed by atoms with E-state index < -0.39 is 0 Å². The molecule has 0 fully saturated rings. The summed E-state index contributed by atoms with van der Waals surface area (Å²) in [4.78, 5) is 26.0. The molecule has 0 aliphatic carbocycles. The van der Waals surface area contributed by atoms with E-state index in [9.17, 15) is 0 Å². The summed E-state index contributed by atoms with van der Waals surface area (Å²) in [6.45, 7) is 8.69. The lowest BCUT2D eigenvalue weighted by molar-refractivity contribution is -0.00698. The number of aromatic nitrogens is 5. The van der Waals surface area contributed by atoms with E-state index in [1.165, 1.54) is 0 Å². The number of benzene rings is 6. The number of hydrogen-bond acceptors (Lipinski definition) is 13. The molecule has 0 atom stereocenters. The van der Waals surface area contributed by atoms with Crippen molar-refractivity contribution in [1.29, 1.82) is 0 Å². The average molecular weight is 996 g/mol. The first-order valence-corrected chi connectivity index (χ1v) is 25.2. The maximum atomic E-state index is 6.75. The van der Waals surface area contributed by atoms with Gasteiger partial charge >= 0.3 is 0 Å². The van der Waals surface area contributed by atoms with Crippen LogP contribution in [0.2, 0.25) is 0 Å². The molecule has 14 rings (SSSR count). The van der Waals surface area contributed by atoms with E-state index in [0.29, 0.717) is 94.1 Å². The lowest BCUT2D eigenvalue weighted by Crippen LogP contribution is -2.14. The largest absolute Gasteiger partial charge is 0.497 e. The maximum absolute atomic E-state index is 6.75. The molecule has 11 aromatic rings. The zero-order valence-corrected chi connectivity index (χ0v) is 41.9. The van der Waals surface area contributed by atoms with E-state index in [1.54, 1.807) is 7.11 Å². The van der Waals surface area contributed by atoms with Crippen LogP contribution in [0.5, 0.6) is 17.2 Å². The number of pyridine rings is 4. The Morgan fingerprint density at radius 1 is 0.373 bits per heavy atom. The van der Waals surface area contributed by atoms with Crippen molar-refractivity contribution in [2.45, 2.75) is 13.8 Å². The van der Waals surface area contributed by atoms with Gasteiger partial charge in [-0.25, -0.2) is 15.0 Å². The molecular formula is C62H53N5O8. The van der Waals surface area contributed by atoms with Crippen LogP contribution in [0.4, 0.5) is 0 Å². The Morgan fingerprint density at radius 2 is 0.800 bits per heavy atom. The number of hydrogen-bond donors (Lipinski definition) is 0. The zero-order valence-electron chi connectivity index (χ0n) is 41.9. The number of rotatable bonds is 4. The molecule has 6 aromatic carbocycles. The van der Waals surface area contributed by atoms with Crippen LogP contribution in [0.25, 0.3) is 111 Å². The van der Waals surface area contributed by atoms with E-state index in [0.717, 1.165) is 112 Å². The van der Waals surface area contributed by atoms with Crippen LogP contribution in [-0.2, 0) is 18.9 Å². The second-order valence-electron chi connectivity index (χ2n) is 18.3. The van der Waals surface area contributed by atoms with E-state index in [1.807, 2.05) is 72.8 Å². The Hall–Kier alpha value is -8.33. The summed E-state index contributed by atoms with van der Waals surface area (Å²) in [5.74, 6) is 2.80. The molecule has 3 aliphatic rings. The van der Waals surface area contributed by atoms with E-state index in [4.69, 9.17) is 62.5 Å². The first-order chi connectivity index (χ1) is 36.9. The van der Waals surface area contributed by atoms with Crippen molar-refractivity contribution in [2.24, 2.45) is 0 Å². The Balaban J connectivity index is 0.869. The van der Waals surface area contributed by atoms with Crippen LogP contribution in [0.3, 0.4) is 0 Å². The SMILES string of the molecule is COc1ccc(-c2cc3ccc4cc(-c5ccc(-c6nc7c8ccc9nc8c8nc(ccc8c7o6)-c6ccc(cc6)OCCOCCOCCOCCOCCOc6ccc-9cc6)cc5)c(C)nc4c3nc2C)cc1. The van der Waals surface area contributed by atoms with Crippen molar-refractivity contribution >= 4 is 54.7 Å². The van der Waals surface area contributed by atoms with Gasteiger partial charge in [-0.3, -0.25) is 9.97 Å². The summed E-state index contributed by atoms with van der Waals surface area (Å²) in [7, 11) is 1.68. The highest BCUT2D eigenvalue weighted by atomic mass is 16.6. The second kappa shape index (κ2) is 21.3. The minimum absolute atomic E-state index is 0.412. The van der Waals surface area contributed by atoms with Crippen LogP contribution in [0, 0.1) is 13.8 Å². The normalized spacial score (nSPS) is 14.3. The third-order valence-corrected chi connectivity index (χ3v) is 13.5. The van der Waals surface area contributed by atoms with Gasteiger partial charge in [0.15, 0.2) is 5.58 Å². The van der Waals surface area contributed by atoms with Crippen LogP contribution in [0.1, 0.15) is 11.4 Å². The second-order valence-corrected chi connectivity index (χ2v) is 18.3. The topological polar surface area (TPSA) is 142 Å². The molecule has 13 nitrogen and oxygen atoms in total. The van der Waals surface area contributed by atoms with Gasteiger partial charge < -0.3 is 37.6 Å². The molecule has 0 radical (unpaired) electrons. The summed E-state index contributed by atoms with van der Waals surface area (Å²) in [6, 6.07) is 49.1. The lowest BCUT2D eigenvalue weighted by Gasteiger charge is -2.12. The van der Waals surface area contributed by atoms with Crippen LogP contribution >= 0.6 is 0 Å². The van der Waals surface area contributed by atoms with Crippen molar-refractivity contribution in [3.05, 3.63) is 157 Å². The highest BCUT2D eigenvalue weighted by molar-refractivity contribution is 6.21. The van der Waals surface area contributed by atoms with Crippen LogP contribution in [-0.4, -0.2) is 98.1 Å². The Labute approximate surface area is 433 Å². The number of ether oxygens (including phenoxy) is 7. The van der Waals surface area contributed by atoms with Crippen molar-refractivity contribution in [3.63, 3.8) is 0 Å². The maximum Gasteiger partial charge on any atom is 0.227 e. The van der Waals surface area contributed by atoms with Crippen LogP contribution in [0.15, 0.2) is 150 Å². The summed E-state index contributed by atoms with van der Waals surface area (Å²) >= 11 is 0. The van der Waals surface area contributed by atoms with Gasteiger partial charge in [0.05, 0.1) is 87.9 Å². The van der Waals surface area contributed by atoms with Gasteiger partial charge in [0.1, 0.15) is 41.5 Å². The quantitative estimate of drug-likeness (QED) is 0.155. The molecule has 0 saturated carbocycles. The van der Waals surface area contributed by atoms with Gasteiger partial charge in [-0.15, -0.1) is 0 Å². The minimum Gasteiger partial charge on any atom is -0.497 e. The molecule has 0 amide bonds. The number of nitrogens with zero attached hydrogens (tertiary/aromatic N) is 5. The molecule has 0 spiro atoms. The third kappa shape index (κ3) is 9.94. The van der Waals surface area contributed by atoms with Crippen molar-refractivity contribution < 1.29 is 37.6 Å². The fourth-order valence-electron chi connectivity index (χ4n) is 9.63. The van der Waals surface area contributed by atoms with Crippen molar-refractivity contribution in [2.75, 3.05) is 73.2 Å². The standard InChI is InChI=1S/C62H53N5O8/c1-38-52(36-45-8-9-46-37-53(39(2)64-57(46)56(45)63-38)41-10-16-47(68-3)17-11-41)40-4-6-44(7-5-40)62-67-60-50-22-24-54-42-12-18-48(19-13-42)73-34-32-71-30-28-69-26-27-70-29-31-72-33-35-74-49-20-14-43(15-21-49)55-25-23-51(61(60)75-62)59(66-55)58(50)65-54/h4-25,36-37H,26-35H2,1-3H3. The van der Waals surface area contributed by atoms with Gasteiger partial charge in [0.2, 0.25) is 5.89 Å². The highest BCUT2D eigenvalue weighted by Gasteiger charge is 2.21. The molecule has 374 valence electrons. The zero-order chi connectivity index (χ0) is 50.7. The van der Waals surface area contributed by atoms with Gasteiger partial charge in [-0.05, 0) is 134 Å².